The molecular formula is C14H21BrN2O3. The molecule has 0 aliphatic heterocycles. The van der Waals surface area contributed by atoms with Crippen LogP contribution < -0.4 is 26.9 Å². The van der Waals surface area contributed by atoms with Gasteiger partial charge in [0.05, 0.1) is 6.42 Å². The molecule has 1 unspecified atom stereocenters. The van der Waals surface area contributed by atoms with Gasteiger partial charge in [0, 0.05) is 12.1 Å². The fourth-order valence-electron chi connectivity index (χ4n) is 1.67. The molecule has 0 spiro atoms. The molecule has 0 bridgehead atoms. The minimum absolute atomic E-state index is 0. The van der Waals surface area contributed by atoms with Crippen molar-refractivity contribution in [2.45, 2.75) is 39.8 Å². The van der Waals surface area contributed by atoms with E-state index >= 15 is 0 Å². The summed E-state index contributed by atoms with van der Waals surface area (Å²) in [6, 6.07) is 3.11. The lowest BCUT2D eigenvalue weighted by Crippen LogP contribution is -3.00. The monoisotopic (exact) mass is 344 g/mol. The molecule has 0 aromatic carbocycles. The Kier molecular flexibility index (Phi) is 8.06. The highest BCUT2D eigenvalue weighted by Gasteiger charge is 2.23. The quantitative estimate of drug-likeness (QED) is 0.581. The van der Waals surface area contributed by atoms with E-state index in [9.17, 15) is 9.59 Å². The van der Waals surface area contributed by atoms with Gasteiger partial charge in [0.25, 0.3) is 0 Å². The van der Waals surface area contributed by atoms with Crippen LogP contribution in [0.5, 0.6) is 0 Å². The molecule has 1 aromatic rings. The maximum Gasteiger partial charge on any atom is 0.326 e. The van der Waals surface area contributed by atoms with Gasteiger partial charge >= 0.3 is 5.97 Å². The Morgan fingerprint density at radius 2 is 1.85 bits per heavy atom. The highest BCUT2D eigenvalue weighted by Crippen LogP contribution is 2.02. The Balaban J connectivity index is 0.00000361. The van der Waals surface area contributed by atoms with Crippen molar-refractivity contribution >= 4 is 11.9 Å². The van der Waals surface area contributed by atoms with Gasteiger partial charge in [0.15, 0.2) is 18.9 Å². The Hall–Kier alpha value is -1.43. The predicted molar refractivity (Wildman–Crippen MR) is 70.4 cm³/mol. The third-order valence-corrected chi connectivity index (χ3v) is 2.90. The van der Waals surface area contributed by atoms with Gasteiger partial charge in [-0.2, -0.15) is 0 Å². The number of carboxylic acid groups (broad SMARTS) is 1. The van der Waals surface area contributed by atoms with E-state index in [0.717, 1.165) is 5.56 Å². The van der Waals surface area contributed by atoms with Crippen LogP contribution in [-0.2, 0) is 16.1 Å². The van der Waals surface area contributed by atoms with E-state index in [0.29, 0.717) is 6.54 Å². The number of amides is 1. The lowest BCUT2D eigenvalue weighted by atomic mass is 10.0. The minimum atomic E-state index is -0.994. The molecule has 0 saturated heterocycles. The summed E-state index contributed by atoms with van der Waals surface area (Å²) in [5, 5.41) is 11.5. The number of aryl methyl sites for hydroxylation is 2. The first-order chi connectivity index (χ1) is 8.90. The Labute approximate surface area is 129 Å². The molecule has 6 heteroatoms. The molecule has 0 aliphatic carbocycles. The van der Waals surface area contributed by atoms with Crippen molar-refractivity contribution in [2.24, 2.45) is 5.92 Å². The SMILES string of the molecule is Cc1cc[n+](CCC(=O)NC(C(=O)O)C(C)C)cc1.[Br-]. The zero-order chi connectivity index (χ0) is 14.4. The van der Waals surface area contributed by atoms with Crippen LogP contribution in [0.2, 0.25) is 0 Å². The molecule has 5 nitrogen and oxygen atoms in total. The van der Waals surface area contributed by atoms with E-state index in [1.807, 2.05) is 36.0 Å². The maximum absolute atomic E-state index is 11.7. The molecule has 1 heterocycles. The Morgan fingerprint density at radius 1 is 1.30 bits per heavy atom. The van der Waals surface area contributed by atoms with Crippen LogP contribution in [0.15, 0.2) is 24.5 Å². The third-order valence-electron chi connectivity index (χ3n) is 2.90. The highest BCUT2D eigenvalue weighted by atomic mass is 79.9. The molecule has 112 valence electrons. The van der Waals surface area contributed by atoms with E-state index < -0.39 is 12.0 Å². The molecule has 1 atom stereocenters. The van der Waals surface area contributed by atoms with Crippen LogP contribution in [-0.4, -0.2) is 23.0 Å². The number of aliphatic carboxylic acids is 1. The first-order valence-electron chi connectivity index (χ1n) is 6.38. The second-order valence-electron chi connectivity index (χ2n) is 4.99. The number of carboxylic acids is 1. The molecule has 0 radical (unpaired) electrons. The van der Waals surface area contributed by atoms with Crippen molar-refractivity contribution in [1.29, 1.82) is 0 Å². The van der Waals surface area contributed by atoms with Crippen LogP contribution in [0.25, 0.3) is 0 Å². The fourth-order valence-corrected chi connectivity index (χ4v) is 1.67. The molecule has 20 heavy (non-hydrogen) atoms. The smallest absolute Gasteiger partial charge is 0.326 e. The first kappa shape index (κ1) is 18.6. The topological polar surface area (TPSA) is 70.3 Å². The van der Waals surface area contributed by atoms with E-state index in [4.69, 9.17) is 5.11 Å². The second-order valence-corrected chi connectivity index (χ2v) is 4.99. The van der Waals surface area contributed by atoms with Crippen LogP contribution in [0, 0.1) is 12.8 Å². The zero-order valence-electron chi connectivity index (χ0n) is 12.0. The molecule has 0 fully saturated rings. The molecule has 1 rings (SSSR count). The summed E-state index contributed by atoms with van der Waals surface area (Å²) >= 11 is 0. The van der Waals surface area contributed by atoms with Crippen LogP contribution in [0.1, 0.15) is 25.8 Å². The number of aromatic nitrogens is 1. The van der Waals surface area contributed by atoms with Crippen LogP contribution in [0.4, 0.5) is 0 Å². The Morgan fingerprint density at radius 3 is 2.30 bits per heavy atom. The summed E-state index contributed by atoms with van der Waals surface area (Å²) < 4.78 is 1.90. The van der Waals surface area contributed by atoms with E-state index in [1.54, 1.807) is 13.8 Å². The maximum atomic E-state index is 11.7. The van der Waals surface area contributed by atoms with E-state index in [2.05, 4.69) is 5.32 Å². The number of halogens is 1. The molecule has 1 amide bonds. The summed E-state index contributed by atoms with van der Waals surface area (Å²) in [6.45, 7) is 6.08. The van der Waals surface area contributed by atoms with Gasteiger partial charge in [-0.25, -0.2) is 9.36 Å². The number of pyridine rings is 1. The van der Waals surface area contributed by atoms with Crippen molar-refractivity contribution in [3.05, 3.63) is 30.1 Å². The van der Waals surface area contributed by atoms with Gasteiger partial charge in [0.2, 0.25) is 5.91 Å². The van der Waals surface area contributed by atoms with Gasteiger partial charge in [-0.3, -0.25) is 4.79 Å². The third kappa shape index (κ3) is 6.14. The van der Waals surface area contributed by atoms with Gasteiger partial charge < -0.3 is 27.4 Å². The fraction of sp³-hybridized carbons (Fsp3) is 0.500. The van der Waals surface area contributed by atoms with Crippen LogP contribution in [0.3, 0.4) is 0 Å². The molecule has 1 aromatic heterocycles. The number of nitrogens with zero attached hydrogens (tertiary/aromatic N) is 1. The first-order valence-corrected chi connectivity index (χ1v) is 6.38. The van der Waals surface area contributed by atoms with Crippen molar-refractivity contribution in [1.82, 2.24) is 5.32 Å². The zero-order valence-corrected chi connectivity index (χ0v) is 13.6. The molecular weight excluding hydrogens is 324 g/mol. The second kappa shape index (κ2) is 8.68. The highest BCUT2D eigenvalue weighted by molar-refractivity contribution is 5.83. The molecule has 0 aliphatic rings. The van der Waals surface area contributed by atoms with Gasteiger partial charge in [0.1, 0.15) is 6.04 Å². The molecule has 0 saturated carbocycles. The van der Waals surface area contributed by atoms with Crippen molar-refractivity contribution in [2.75, 3.05) is 0 Å². The minimum Gasteiger partial charge on any atom is -1.00 e. The van der Waals surface area contributed by atoms with Crippen molar-refractivity contribution in [3.63, 3.8) is 0 Å². The van der Waals surface area contributed by atoms with Crippen molar-refractivity contribution in [3.8, 4) is 0 Å². The van der Waals surface area contributed by atoms with E-state index in [-0.39, 0.29) is 35.2 Å². The largest absolute Gasteiger partial charge is 1.00 e. The van der Waals surface area contributed by atoms with Gasteiger partial charge in [-0.15, -0.1) is 0 Å². The average molecular weight is 345 g/mol. The number of rotatable bonds is 6. The summed E-state index contributed by atoms with van der Waals surface area (Å²) in [6.07, 6.45) is 4.07. The molecule has 2 N–H and O–H groups in total. The lowest BCUT2D eigenvalue weighted by molar-refractivity contribution is -0.695. The summed E-state index contributed by atoms with van der Waals surface area (Å²) in [4.78, 5) is 22.7. The predicted octanol–water partition coefficient (Wildman–Crippen LogP) is -2.10. The number of hydrogen-bond acceptors (Lipinski definition) is 2. The number of carbonyl (C=O) groups is 2. The summed E-state index contributed by atoms with van der Waals surface area (Å²) in [7, 11) is 0. The van der Waals surface area contributed by atoms with Gasteiger partial charge in [-0.1, -0.05) is 13.8 Å². The lowest BCUT2D eigenvalue weighted by Gasteiger charge is -2.17. The van der Waals surface area contributed by atoms with Crippen LogP contribution >= 0.6 is 0 Å². The van der Waals surface area contributed by atoms with E-state index in [1.165, 1.54) is 0 Å². The van der Waals surface area contributed by atoms with Crippen molar-refractivity contribution < 1.29 is 36.2 Å². The number of hydrogen-bond donors (Lipinski definition) is 2. The normalized spacial score (nSPS) is 11.6. The number of nitrogens with one attached hydrogen (secondary N) is 1. The average Bonchev–Trinajstić information content (AvgIpc) is 2.34. The van der Waals surface area contributed by atoms with Gasteiger partial charge in [-0.05, 0) is 18.4 Å². The standard InChI is InChI=1S/C14H20N2O3.BrH/c1-10(2)13(14(18)19)15-12(17)6-9-16-7-4-11(3)5-8-16;/h4-5,7-8,10,13H,6,9H2,1-3H3,(H-,15,17,18,19);1H. The summed E-state index contributed by atoms with van der Waals surface area (Å²) in [5.41, 5.74) is 1.16. The number of carbonyl (C=O) groups excluding carboxylic acids is 1. The summed E-state index contributed by atoms with van der Waals surface area (Å²) in [5.74, 6) is -1.37. The Bertz CT molecular complexity index is 446.